The Kier molecular flexibility index (Phi) is 5.48. The van der Waals surface area contributed by atoms with Gasteiger partial charge in [0.25, 0.3) is 5.91 Å². The van der Waals surface area contributed by atoms with Crippen LogP contribution in [-0.4, -0.2) is 27.2 Å². The van der Waals surface area contributed by atoms with Crippen molar-refractivity contribution in [3.05, 3.63) is 76.7 Å². The normalized spacial score (nSPS) is 11.5. The first kappa shape index (κ1) is 19.6. The van der Waals surface area contributed by atoms with Gasteiger partial charge in [-0.1, -0.05) is 12.1 Å². The van der Waals surface area contributed by atoms with Crippen molar-refractivity contribution in [2.45, 2.75) is 26.4 Å². The molecule has 3 aromatic rings. The number of carbonyl (C=O) groups is 1. The Balaban J connectivity index is 1.56. The Labute approximate surface area is 160 Å². The summed E-state index contributed by atoms with van der Waals surface area (Å²) in [6.45, 7) is 4.12. The van der Waals surface area contributed by atoms with E-state index >= 15 is 0 Å². The van der Waals surface area contributed by atoms with Crippen LogP contribution in [0.5, 0.6) is 0 Å². The molecule has 0 aliphatic heterocycles. The Hall–Kier alpha value is -3.16. The van der Waals surface area contributed by atoms with Gasteiger partial charge >= 0.3 is 6.18 Å². The molecule has 1 amide bonds. The smallest absolute Gasteiger partial charge is 0.352 e. The molecule has 0 saturated carbocycles. The maximum absolute atomic E-state index is 12.6. The molecule has 0 spiro atoms. The van der Waals surface area contributed by atoms with E-state index in [0.29, 0.717) is 29.9 Å². The van der Waals surface area contributed by atoms with Gasteiger partial charge < -0.3 is 5.32 Å². The Morgan fingerprint density at radius 3 is 2.36 bits per heavy atom. The third kappa shape index (κ3) is 4.57. The number of rotatable bonds is 5. The van der Waals surface area contributed by atoms with E-state index in [2.05, 4.69) is 15.4 Å². The molecule has 0 aliphatic rings. The van der Waals surface area contributed by atoms with Gasteiger partial charge in [-0.05, 0) is 56.2 Å². The topological polar surface area (TPSA) is 59.8 Å². The molecule has 1 aromatic carbocycles. The van der Waals surface area contributed by atoms with Crippen LogP contribution in [0, 0.1) is 13.8 Å². The summed E-state index contributed by atoms with van der Waals surface area (Å²) in [6, 6.07) is 10.2. The van der Waals surface area contributed by atoms with Gasteiger partial charge in [0.2, 0.25) is 0 Å². The van der Waals surface area contributed by atoms with Crippen LogP contribution < -0.4 is 5.32 Å². The van der Waals surface area contributed by atoms with Crippen LogP contribution in [0.25, 0.3) is 5.82 Å². The number of pyridine rings is 1. The molecule has 0 bridgehead atoms. The van der Waals surface area contributed by atoms with Crippen LogP contribution in [-0.2, 0) is 12.6 Å². The Morgan fingerprint density at radius 1 is 1.11 bits per heavy atom. The lowest BCUT2D eigenvalue weighted by Gasteiger charge is -2.09. The molecule has 146 valence electrons. The lowest BCUT2D eigenvalue weighted by Crippen LogP contribution is -2.25. The van der Waals surface area contributed by atoms with Gasteiger partial charge in [-0.25, -0.2) is 9.67 Å². The average Bonchev–Trinajstić information content (AvgIpc) is 2.99. The first-order valence-electron chi connectivity index (χ1n) is 8.68. The molecule has 0 radical (unpaired) electrons. The van der Waals surface area contributed by atoms with E-state index in [1.54, 1.807) is 16.8 Å². The fourth-order valence-corrected chi connectivity index (χ4v) is 2.79. The van der Waals surface area contributed by atoms with Crippen molar-refractivity contribution in [1.82, 2.24) is 20.1 Å². The number of hydrogen-bond acceptors (Lipinski definition) is 3. The number of benzene rings is 1. The molecule has 1 N–H and O–H groups in total. The molecule has 0 unspecified atom stereocenters. The standard InChI is InChI=1S/C20H19F3N4O/c1-13-11-14(2)27(26-13)18-8-5-16(12-25-18)19(28)24-10-9-15-3-6-17(7-4-15)20(21,22)23/h3-8,11-12H,9-10H2,1-2H3,(H,24,28). The summed E-state index contributed by atoms with van der Waals surface area (Å²) in [6.07, 6.45) is -2.44. The third-order valence-electron chi connectivity index (χ3n) is 4.22. The minimum absolute atomic E-state index is 0.292. The maximum atomic E-state index is 12.6. The van der Waals surface area contributed by atoms with Gasteiger partial charge in [-0.3, -0.25) is 4.79 Å². The summed E-state index contributed by atoms with van der Waals surface area (Å²) in [5, 5.41) is 7.09. The number of halogens is 3. The molecular weight excluding hydrogens is 369 g/mol. The van der Waals surface area contributed by atoms with Crippen molar-refractivity contribution < 1.29 is 18.0 Å². The monoisotopic (exact) mass is 388 g/mol. The molecular formula is C20H19F3N4O. The summed E-state index contributed by atoms with van der Waals surface area (Å²) in [4.78, 5) is 16.5. The molecule has 5 nitrogen and oxygen atoms in total. The molecule has 2 aromatic heterocycles. The Bertz CT molecular complexity index is 961. The fourth-order valence-electron chi connectivity index (χ4n) is 2.79. The highest BCUT2D eigenvalue weighted by Gasteiger charge is 2.29. The SMILES string of the molecule is Cc1cc(C)n(-c2ccc(C(=O)NCCc3ccc(C(F)(F)F)cc3)cn2)n1. The van der Waals surface area contributed by atoms with E-state index in [9.17, 15) is 18.0 Å². The summed E-state index contributed by atoms with van der Waals surface area (Å²) in [7, 11) is 0. The summed E-state index contributed by atoms with van der Waals surface area (Å²) < 4.78 is 39.4. The van der Waals surface area contributed by atoms with Crippen molar-refractivity contribution in [2.75, 3.05) is 6.54 Å². The quantitative estimate of drug-likeness (QED) is 0.722. The predicted molar refractivity (Wildman–Crippen MR) is 98.3 cm³/mol. The minimum Gasteiger partial charge on any atom is -0.352 e. The molecule has 0 atom stereocenters. The molecule has 2 heterocycles. The van der Waals surface area contributed by atoms with Gasteiger partial charge in [-0.15, -0.1) is 0 Å². The van der Waals surface area contributed by atoms with Crippen LogP contribution in [0.15, 0.2) is 48.7 Å². The lowest BCUT2D eigenvalue weighted by atomic mass is 10.1. The van der Waals surface area contributed by atoms with E-state index < -0.39 is 11.7 Å². The van der Waals surface area contributed by atoms with Crippen LogP contribution in [0.3, 0.4) is 0 Å². The van der Waals surface area contributed by atoms with E-state index in [4.69, 9.17) is 0 Å². The summed E-state index contributed by atoms with van der Waals surface area (Å²) in [5.74, 6) is 0.325. The molecule has 28 heavy (non-hydrogen) atoms. The second kappa shape index (κ2) is 7.84. The number of aromatic nitrogens is 3. The number of hydrogen-bond donors (Lipinski definition) is 1. The van der Waals surface area contributed by atoms with Crippen molar-refractivity contribution >= 4 is 5.91 Å². The third-order valence-corrected chi connectivity index (χ3v) is 4.22. The van der Waals surface area contributed by atoms with Crippen LogP contribution >= 0.6 is 0 Å². The number of carbonyl (C=O) groups excluding carboxylic acids is 1. The minimum atomic E-state index is -4.35. The highest BCUT2D eigenvalue weighted by Crippen LogP contribution is 2.29. The van der Waals surface area contributed by atoms with Gasteiger partial charge in [0.15, 0.2) is 5.82 Å². The molecule has 0 aliphatic carbocycles. The second-order valence-corrected chi connectivity index (χ2v) is 6.44. The van der Waals surface area contributed by atoms with Crippen LogP contribution in [0.1, 0.15) is 32.9 Å². The van der Waals surface area contributed by atoms with E-state index in [0.717, 1.165) is 23.5 Å². The molecule has 8 heteroatoms. The number of alkyl halides is 3. The second-order valence-electron chi connectivity index (χ2n) is 6.44. The van der Waals surface area contributed by atoms with Gasteiger partial charge in [0.1, 0.15) is 0 Å². The lowest BCUT2D eigenvalue weighted by molar-refractivity contribution is -0.137. The highest BCUT2D eigenvalue weighted by molar-refractivity contribution is 5.93. The molecule has 0 fully saturated rings. The van der Waals surface area contributed by atoms with Crippen LogP contribution in [0.4, 0.5) is 13.2 Å². The van der Waals surface area contributed by atoms with Crippen molar-refractivity contribution in [1.29, 1.82) is 0 Å². The van der Waals surface area contributed by atoms with E-state index in [1.165, 1.54) is 18.3 Å². The largest absolute Gasteiger partial charge is 0.416 e. The first-order chi connectivity index (χ1) is 13.2. The molecule has 0 saturated heterocycles. The van der Waals surface area contributed by atoms with Gasteiger partial charge in [0, 0.05) is 18.4 Å². The van der Waals surface area contributed by atoms with E-state index in [-0.39, 0.29) is 5.91 Å². The zero-order valence-electron chi connectivity index (χ0n) is 15.4. The van der Waals surface area contributed by atoms with Crippen molar-refractivity contribution in [3.8, 4) is 5.82 Å². The summed E-state index contributed by atoms with van der Waals surface area (Å²) >= 11 is 0. The highest BCUT2D eigenvalue weighted by atomic mass is 19.4. The Morgan fingerprint density at radius 2 is 1.82 bits per heavy atom. The number of nitrogens with zero attached hydrogens (tertiary/aromatic N) is 3. The zero-order chi connectivity index (χ0) is 20.3. The zero-order valence-corrected chi connectivity index (χ0v) is 15.4. The van der Waals surface area contributed by atoms with Crippen molar-refractivity contribution in [3.63, 3.8) is 0 Å². The first-order valence-corrected chi connectivity index (χ1v) is 8.68. The average molecular weight is 388 g/mol. The summed E-state index contributed by atoms with van der Waals surface area (Å²) in [5.41, 5.74) is 2.25. The fraction of sp³-hybridized carbons (Fsp3) is 0.250. The maximum Gasteiger partial charge on any atom is 0.416 e. The van der Waals surface area contributed by atoms with Gasteiger partial charge in [-0.2, -0.15) is 18.3 Å². The number of aryl methyl sites for hydroxylation is 2. The van der Waals surface area contributed by atoms with Gasteiger partial charge in [0.05, 0.1) is 16.8 Å². The molecule has 3 rings (SSSR count). The number of amides is 1. The predicted octanol–water partition coefficient (Wildman–Crippen LogP) is 3.88. The van der Waals surface area contributed by atoms with Crippen LogP contribution in [0.2, 0.25) is 0 Å². The van der Waals surface area contributed by atoms with E-state index in [1.807, 2.05) is 19.9 Å². The van der Waals surface area contributed by atoms with Crippen molar-refractivity contribution in [2.24, 2.45) is 0 Å². The number of nitrogens with one attached hydrogen (secondary N) is 1.